The Morgan fingerprint density at radius 2 is 1.53 bits per heavy atom. The molecule has 2 aliphatic rings. The van der Waals surface area contributed by atoms with E-state index in [4.69, 9.17) is 14.2 Å². The van der Waals surface area contributed by atoms with Crippen molar-refractivity contribution in [1.29, 1.82) is 0 Å². The van der Waals surface area contributed by atoms with Crippen molar-refractivity contribution in [2.75, 3.05) is 7.11 Å². The Hall–Kier alpha value is -2.76. The number of hydrogen-bond donors (Lipinski definition) is 0. The van der Waals surface area contributed by atoms with Gasteiger partial charge in [0.25, 0.3) is 0 Å². The number of hydrogen-bond acceptors (Lipinski definition) is 5. The molecule has 4 rings (SSSR count). The lowest BCUT2D eigenvalue weighted by atomic mass is 9.62. The molecule has 2 aromatic rings. The number of rotatable bonds is 4. The number of esters is 1. The van der Waals surface area contributed by atoms with Gasteiger partial charge in [-0.3, -0.25) is 9.59 Å². The Labute approximate surface area is 176 Å². The highest BCUT2D eigenvalue weighted by Crippen LogP contribution is 2.60. The maximum Gasteiger partial charge on any atom is 0.317 e. The van der Waals surface area contributed by atoms with Crippen LogP contribution in [0.5, 0.6) is 0 Å². The highest BCUT2D eigenvalue weighted by Gasteiger charge is 2.66. The summed E-state index contributed by atoms with van der Waals surface area (Å²) < 4.78 is 18.3. The van der Waals surface area contributed by atoms with Crippen LogP contribution in [-0.4, -0.2) is 24.6 Å². The zero-order valence-corrected chi connectivity index (χ0v) is 17.2. The minimum absolute atomic E-state index is 0.173. The van der Waals surface area contributed by atoms with Gasteiger partial charge in [0, 0.05) is 12.8 Å². The van der Waals surface area contributed by atoms with E-state index in [0.717, 1.165) is 11.1 Å². The van der Waals surface area contributed by atoms with Gasteiger partial charge in [-0.25, -0.2) is 0 Å². The summed E-state index contributed by atoms with van der Waals surface area (Å²) >= 11 is 0. The van der Waals surface area contributed by atoms with E-state index in [1.54, 1.807) is 13.0 Å². The van der Waals surface area contributed by atoms with Crippen molar-refractivity contribution in [2.24, 2.45) is 11.3 Å². The number of carbonyl (C=O) groups is 2. The summed E-state index contributed by atoms with van der Waals surface area (Å²) in [4.78, 5) is 25.3. The van der Waals surface area contributed by atoms with Gasteiger partial charge >= 0.3 is 5.97 Å². The molecule has 1 saturated carbocycles. The summed E-state index contributed by atoms with van der Waals surface area (Å²) in [6.45, 7) is 5.75. The lowest BCUT2D eigenvalue weighted by Gasteiger charge is -2.49. The van der Waals surface area contributed by atoms with E-state index in [0.29, 0.717) is 6.42 Å². The van der Waals surface area contributed by atoms with Crippen molar-refractivity contribution in [3.05, 3.63) is 84.4 Å². The average molecular weight is 406 g/mol. The van der Waals surface area contributed by atoms with Gasteiger partial charge in [-0.2, -0.15) is 0 Å². The van der Waals surface area contributed by atoms with Gasteiger partial charge in [0.15, 0.2) is 5.79 Å². The Morgan fingerprint density at radius 3 is 1.97 bits per heavy atom. The average Bonchev–Trinajstić information content (AvgIpc) is 3.19. The smallest absolute Gasteiger partial charge is 0.317 e. The van der Waals surface area contributed by atoms with Gasteiger partial charge < -0.3 is 14.2 Å². The Kier molecular flexibility index (Phi) is 5.35. The second-order valence-electron chi connectivity index (χ2n) is 8.06. The fourth-order valence-electron chi connectivity index (χ4n) is 4.73. The quantitative estimate of drug-likeness (QED) is 0.423. The van der Waals surface area contributed by atoms with Crippen molar-refractivity contribution in [1.82, 2.24) is 0 Å². The number of benzene rings is 2. The van der Waals surface area contributed by atoms with Crippen LogP contribution in [0.4, 0.5) is 0 Å². The molecule has 2 aromatic carbocycles. The van der Waals surface area contributed by atoms with E-state index in [1.807, 2.05) is 60.7 Å². The molecule has 0 N–H and O–H groups in total. The highest BCUT2D eigenvalue weighted by atomic mass is 16.8. The maximum atomic E-state index is 12.8. The van der Waals surface area contributed by atoms with Crippen LogP contribution in [0.1, 0.15) is 43.1 Å². The molecule has 5 heteroatoms. The minimum Gasteiger partial charge on any atom is -0.468 e. The molecule has 0 radical (unpaired) electrons. The van der Waals surface area contributed by atoms with Crippen molar-refractivity contribution in [2.45, 2.75) is 37.8 Å². The SMILES string of the molecule is C=C[C@@]1(C)C(C(=O)OC)C(=O)CCC12O[C@H](c1ccccc1)[C@@H](c1ccccc1)O2. The monoisotopic (exact) mass is 406 g/mol. The van der Waals surface area contributed by atoms with E-state index in [9.17, 15) is 9.59 Å². The zero-order valence-electron chi connectivity index (χ0n) is 17.2. The van der Waals surface area contributed by atoms with Crippen LogP contribution in [0, 0.1) is 11.3 Å². The summed E-state index contributed by atoms with van der Waals surface area (Å²) in [7, 11) is 1.29. The van der Waals surface area contributed by atoms with Crippen LogP contribution in [-0.2, 0) is 23.8 Å². The van der Waals surface area contributed by atoms with Gasteiger partial charge in [0.1, 0.15) is 23.9 Å². The molecule has 1 unspecified atom stereocenters. The van der Waals surface area contributed by atoms with E-state index in [2.05, 4.69) is 6.58 Å². The molecular weight excluding hydrogens is 380 g/mol. The summed E-state index contributed by atoms with van der Waals surface area (Å²) in [6.07, 6.45) is 1.35. The van der Waals surface area contributed by atoms with E-state index < -0.39 is 23.1 Å². The van der Waals surface area contributed by atoms with Gasteiger partial charge in [-0.05, 0) is 18.1 Å². The third kappa shape index (κ3) is 3.09. The fourth-order valence-corrected chi connectivity index (χ4v) is 4.73. The minimum atomic E-state index is -1.18. The molecule has 2 fully saturated rings. The molecule has 4 atom stereocenters. The third-order valence-electron chi connectivity index (χ3n) is 6.47. The lowest BCUT2D eigenvalue weighted by molar-refractivity contribution is -0.259. The van der Waals surface area contributed by atoms with Gasteiger partial charge in [-0.15, -0.1) is 6.58 Å². The second kappa shape index (κ2) is 7.82. The molecule has 0 bridgehead atoms. The Morgan fingerprint density at radius 1 is 1.03 bits per heavy atom. The number of methoxy groups -OCH3 is 1. The van der Waals surface area contributed by atoms with Gasteiger partial charge in [0.2, 0.25) is 0 Å². The normalized spacial score (nSPS) is 30.2. The molecule has 1 aliphatic heterocycles. The first-order valence-electron chi connectivity index (χ1n) is 10.2. The predicted molar refractivity (Wildman–Crippen MR) is 111 cm³/mol. The Balaban J connectivity index is 1.82. The van der Waals surface area contributed by atoms with Crippen LogP contribution in [0.3, 0.4) is 0 Å². The standard InChI is InChI=1S/C25H26O5/c1-4-24(2)20(23(27)28-3)19(26)15-16-25(24)29-21(17-11-7-5-8-12-17)22(30-25)18-13-9-6-10-14-18/h4-14,20-22H,1,15-16H2,2-3H3/t20?,21-,22-,24+/m1/s1. The van der Waals surface area contributed by atoms with E-state index in [1.165, 1.54) is 7.11 Å². The van der Waals surface area contributed by atoms with Gasteiger partial charge in [-0.1, -0.05) is 66.7 Å². The molecule has 0 aromatic heterocycles. The number of ether oxygens (including phenoxy) is 3. The van der Waals surface area contributed by atoms with Crippen LogP contribution >= 0.6 is 0 Å². The number of Topliss-reactive ketones (excluding diaryl/α,β-unsaturated/α-hetero) is 1. The summed E-state index contributed by atoms with van der Waals surface area (Å²) in [5.41, 5.74) is 0.869. The van der Waals surface area contributed by atoms with Crippen LogP contribution in [0.15, 0.2) is 73.3 Å². The first kappa shape index (κ1) is 20.5. The second-order valence-corrected chi connectivity index (χ2v) is 8.06. The zero-order chi connectivity index (χ0) is 21.4. The van der Waals surface area contributed by atoms with Crippen molar-refractivity contribution in [3.63, 3.8) is 0 Å². The summed E-state index contributed by atoms with van der Waals surface area (Å²) in [6, 6.07) is 19.7. The predicted octanol–water partition coefficient (Wildman–Crippen LogP) is 4.56. The lowest BCUT2D eigenvalue weighted by Crippen LogP contribution is -2.58. The molecule has 156 valence electrons. The molecular formula is C25H26O5. The van der Waals surface area contributed by atoms with Crippen LogP contribution in [0.2, 0.25) is 0 Å². The molecule has 1 saturated heterocycles. The van der Waals surface area contributed by atoms with Crippen LogP contribution in [0.25, 0.3) is 0 Å². The molecule has 30 heavy (non-hydrogen) atoms. The third-order valence-corrected chi connectivity index (χ3v) is 6.47. The molecule has 1 spiro atoms. The topological polar surface area (TPSA) is 61.8 Å². The van der Waals surface area contributed by atoms with E-state index >= 15 is 0 Å². The molecule has 5 nitrogen and oxygen atoms in total. The maximum absolute atomic E-state index is 12.8. The Bertz CT molecular complexity index is 883. The first-order valence-corrected chi connectivity index (χ1v) is 10.2. The molecule has 1 heterocycles. The number of ketones is 1. The molecule has 1 aliphatic carbocycles. The van der Waals surface area contributed by atoms with Gasteiger partial charge in [0.05, 0.1) is 12.5 Å². The van der Waals surface area contributed by atoms with Crippen molar-refractivity contribution < 1.29 is 23.8 Å². The van der Waals surface area contributed by atoms with Crippen molar-refractivity contribution in [3.8, 4) is 0 Å². The summed E-state index contributed by atoms with van der Waals surface area (Å²) in [5, 5.41) is 0. The molecule has 0 amide bonds. The largest absolute Gasteiger partial charge is 0.468 e. The fraction of sp³-hybridized carbons (Fsp3) is 0.360. The summed E-state index contributed by atoms with van der Waals surface area (Å²) in [5.74, 6) is -2.97. The van der Waals surface area contributed by atoms with E-state index in [-0.39, 0.29) is 24.4 Å². The number of carbonyl (C=O) groups excluding carboxylic acids is 2. The highest BCUT2D eigenvalue weighted by molar-refractivity contribution is 6.01. The van der Waals surface area contributed by atoms with Crippen LogP contribution < -0.4 is 0 Å². The van der Waals surface area contributed by atoms with Crippen molar-refractivity contribution >= 4 is 11.8 Å². The first-order chi connectivity index (χ1) is 14.5.